The van der Waals surface area contributed by atoms with E-state index >= 15 is 0 Å². The van der Waals surface area contributed by atoms with E-state index in [1.165, 1.54) is 24.3 Å². The first-order valence-corrected chi connectivity index (χ1v) is 5.52. The fourth-order valence-corrected chi connectivity index (χ4v) is 1.59. The van der Waals surface area contributed by atoms with Gasteiger partial charge in [-0.1, -0.05) is 12.1 Å². The van der Waals surface area contributed by atoms with Gasteiger partial charge in [0.05, 0.1) is 17.7 Å². The Hall–Kier alpha value is -3.03. The summed E-state index contributed by atoms with van der Waals surface area (Å²) in [5.41, 5.74) is -0.519. The topological polar surface area (TPSA) is 125 Å². The van der Waals surface area contributed by atoms with E-state index in [0.29, 0.717) is 0 Å². The third-order valence-electron chi connectivity index (χ3n) is 2.53. The molecule has 2 rings (SSSR count). The Morgan fingerprint density at radius 1 is 1.15 bits per heavy atom. The summed E-state index contributed by atoms with van der Waals surface area (Å²) in [5.74, 6) is -2.91. The molecule has 4 amide bonds. The molecule has 0 saturated carbocycles. The van der Waals surface area contributed by atoms with Gasteiger partial charge in [-0.3, -0.25) is 14.9 Å². The lowest BCUT2D eigenvalue weighted by Crippen LogP contribution is -2.52. The number of benzene rings is 1. The Kier molecular flexibility index (Phi) is 3.56. The number of rotatable bonds is 2. The fraction of sp³-hybridized carbons (Fsp3) is 0.0833. The van der Waals surface area contributed by atoms with E-state index in [1.807, 2.05) is 5.32 Å². The highest BCUT2D eigenvalue weighted by Gasteiger charge is 2.23. The van der Waals surface area contributed by atoms with E-state index in [2.05, 4.69) is 10.3 Å². The van der Waals surface area contributed by atoms with Gasteiger partial charge >= 0.3 is 12.0 Å². The van der Waals surface area contributed by atoms with Crippen LogP contribution in [0.3, 0.4) is 0 Å². The number of aliphatic imine (C=N–C) groups is 1. The summed E-state index contributed by atoms with van der Waals surface area (Å²) in [4.78, 5) is 48.7. The summed E-state index contributed by atoms with van der Waals surface area (Å²) in [7, 11) is 0. The SMILES string of the molecule is O=C1NCC(=NC(=O)c2ccccc2C(=O)O)C(=O)N1. The molecule has 1 saturated heterocycles. The lowest BCUT2D eigenvalue weighted by molar-refractivity contribution is -0.114. The van der Waals surface area contributed by atoms with Crippen molar-refractivity contribution < 1.29 is 24.3 Å². The molecule has 0 spiro atoms. The van der Waals surface area contributed by atoms with E-state index in [1.54, 1.807) is 0 Å². The lowest BCUT2D eigenvalue weighted by atomic mass is 10.1. The predicted molar refractivity (Wildman–Crippen MR) is 66.7 cm³/mol. The van der Waals surface area contributed by atoms with Gasteiger partial charge in [0.15, 0.2) is 0 Å². The van der Waals surface area contributed by atoms with Crippen molar-refractivity contribution in [2.75, 3.05) is 6.54 Å². The van der Waals surface area contributed by atoms with E-state index in [9.17, 15) is 19.2 Å². The third-order valence-corrected chi connectivity index (χ3v) is 2.53. The molecule has 0 radical (unpaired) electrons. The molecular formula is C12H9N3O5. The van der Waals surface area contributed by atoms with Gasteiger partial charge in [-0.2, -0.15) is 0 Å². The average Bonchev–Trinajstić information content (AvgIpc) is 2.41. The van der Waals surface area contributed by atoms with Crippen molar-refractivity contribution in [2.24, 2.45) is 4.99 Å². The Morgan fingerprint density at radius 3 is 2.40 bits per heavy atom. The van der Waals surface area contributed by atoms with E-state index in [4.69, 9.17) is 5.11 Å². The summed E-state index contributed by atoms with van der Waals surface area (Å²) in [5, 5.41) is 13.2. The normalized spacial score (nSPS) is 16.5. The van der Waals surface area contributed by atoms with Crippen molar-refractivity contribution in [3.8, 4) is 0 Å². The molecule has 8 nitrogen and oxygen atoms in total. The second-order valence-electron chi connectivity index (χ2n) is 3.85. The van der Waals surface area contributed by atoms with Crippen molar-refractivity contribution in [2.45, 2.75) is 0 Å². The number of urea groups is 1. The van der Waals surface area contributed by atoms with Gasteiger partial charge in [0.2, 0.25) is 0 Å². The number of amides is 4. The predicted octanol–water partition coefficient (Wildman–Crippen LogP) is -0.195. The monoisotopic (exact) mass is 275 g/mol. The maximum absolute atomic E-state index is 11.9. The van der Waals surface area contributed by atoms with E-state index in [0.717, 1.165) is 0 Å². The van der Waals surface area contributed by atoms with Crippen LogP contribution < -0.4 is 10.6 Å². The summed E-state index contributed by atoms with van der Waals surface area (Å²) in [6.45, 7) is -0.189. The number of hydrogen-bond donors (Lipinski definition) is 3. The number of hydrogen-bond acceptors (Lipinski definition) is 4. The van der Waals surface area contributed by atoms with Crippen LogP contribution in [0.15, 0.2) is 29.3 Å². The second kappa shape index (κ2) is 5.31. The van der Waals surface area contributed by atoms with Crippen LogP contribution in [0, 0.1) is 0 Å². The van der Waals surface area contributed by atoms with Crippen molar-refractivity contribution in [1.29, 1.82) is 0 Å². The van der Waals surface area contributed by atoms with Crippen molar-refractivity contribution in [3.05, 3.63) is 35.4 Å². The summed E-state index contributed by atoms with van der Waals surface area (Å²) in [6.07, 6.45) is 0. The molecule has 1 aromatic carbocycles. The standard InChI is InChI=1S/C12H9N3O5/c16-9(6-3-1-2-4-7(6)11(18)19)14-8-5-13-12(20)15-10(8)17/h1-4H,5H2,(H,18,19)(H2,13,15,17,20). The van der Waals surface area contributed by atoms with E-state index in [-0.39, 0.29) is 23.4 Å². The first kappa shape index (κ1) is 13.4. The smallest absolute Gasteiger partial charge is 0.336 e. The van der Waals surface area contributed by atoms with Crippen LogP contribution in [0.1, 0.15) is 20.7 Å². The molecule has 1 aliphatic rings. The number of carboxylic acids is 1. The molecule has 0 aromatic heterocycles. The molecule has 0 bridgehead atoms. The van der Waals surface area contributed by atoms with Gasteiger partial charge in [-0.15, -0.1) is 0 Å². The number of carbonyl (C=O) groups excluding carboxylic acids is 3. The van der Waals surface area contributed by atoms with Gasteiger partial charge in [-0.25, -0.2) is 14.6 Å². The molecule has 0 atom stereocenters. The molecule has 8 heteroatoms. The number of carbonyl (C=O) groups is 4. The summed E-state index contributed by atoms with van der Waals surface area (Å²) in [6, 6.07) is 4.85. The minimum atomic E-state index is -1.27. The molecule has 1 fully saturated rings. The average molecular weight is 275 g/mol. The van der Waals surface area contributed by atoms with Crippen LogP contribution >= 0.6 is 0 Å². The van der Waals surface area contributed by atoms with Crippen LogP contribution in [0.4, 0.5) is 4.79 Å². The molecular weight excluding hydrogens is 266 g/mol. The van der Waals surface area contributed by atoms with Crippen molar-refractivity contribution in [1.82, 2.24) is 10.6 Å². The number of nitrogens with one attached hydrogen (secondary N) is 2. The Morgan fingerprint density at radius 2 is 1.80 bits per heavy atom. The molecule has 0 aliphatic carbocycles. The molecule has 1 aromatic rings. The molecule has 1 aliphatic heterocycles. The highest BCUT2D eigenvalue weighted by atomic mass is 16.4. The van der Waals surface area contributed by atoms with Gasteiger partial charge < -0.3 is 10.4 Å². The fourth-order valence-electron chi connectivity index (χ4n) is 1.59. The van der Waals surface area contributed by atoms with Gasteiger partial charge in [0.1, 0.15) is 5.71 Å². The van der Waals surface area contributed by atoms with Gasteiger partial charge in [0.25, 0.3) is 11.8 Å². The van der Waals surface area contributed by atoms with Crippen molar-refractivity contribution >= 4 is 29.5 Å². The molecule has 102 valence electrons. The first-order valence-electron chi connectivity index (χ1n) is 5.52. The lowest BCUT2D eigenvalue weighted by Gasteiger charge is -2.14. The Bertz CT molecular complexity index is 650. The van der Waals surface area contributed by atoms with E-state index < -0.39 is 23.8 Å². The number of nitrogens with zero attached hydrogens (tertiary/aromatic N) is 1. The maximum atomic E-state index is 11.9. The van der Waals surface area contributed by atoms with Crippen LogP contribution in [-0.4, -0.2) is 41.2 Å². The second-order valence-corrected chi connectivity index (χ2v) is 3.85. The highest BCUT2D eigenvalue weighted by Crippen LogP contribution is 2.10. The maximum Gasteiger partial charge on any atom is 0.336 e. The molecule has 3 N–H and O–H groups in total. The molecule has 1 heterocycles. The summed E-state index contributed by atoms with van der Waals surface area (Å²) >= 11 is 0. The van der Waals surface area contributed by atoms with Crippen LogP contribution in [0.5, 0.6) is 0 Å². The Labute approximate surface area is 112 Å². The van der Waals surface area contributed by atoms with Gasteiger partial charge in [-0.05, 0) is 12.1 Å². The number of imide groups is 1. The van der Waals surface area contributed by atoms with Crippen LogP contribution in [0.25, 0.3) is 0 Å². The summed E-state index contributed by atoms with van der Waals surface area (Å²) < 4.78 is 0. The third kappa shape index (κ3) is 2.69. The molecule has 0 unspecified atom stereocenters. The zero-order valence-corrected chi connectivity index (χ0v) is 10.0. The largest absolute Gasteiger partial charge is 0.478 e. The highest BCUT2D eigenvalue weighted by molar-refractivity contribution is 6.45. The van der Waals surface area contributed by atoms with Gasteiger partial charge in [0, 0.05) is 0 Å². The number of aromatic carboxylic acids is 1. The van der Waals surface area contributed by atoms with Crippen LogP contribution in [0.2, 0.25) is 0 Å². The minimum Gasteiger partial charge on any atom is -0.478 e. The molecule has 20 heavy (non-hydrogen) atoms. The first-order chi connectivity index (χ1) is 9.49. The van der Waals surface area contributed by atoms with Crippen LogP contribution in [-0.2, 0) is 4.79 Å². The Balaban J connectivity index is 2.31. The van der Waals surface area contributed by atoms with Crippen molar-refractivity contribution in [3.63, 3.8) is 0 Å². The quantitative estimate of drug-likeness (QED) is 0.689. The zero-order valence-electron chi connectivity index (χ0n) is 10.0. The minimum absolute atomic E-state index is 0.128. The zero-order chi connectivity index (χ0) is 14.7. The number of carboxylic acid groups (broad SMARTS) is 1.